The first-order valence-electron chi connectivity index (χ1n) is 7.18. The molecule has 2 rings (SSSR count). The number of methoxy groups -OCH3 is 1. The zero-order chi connectivity index (χ0) is 17.2. The number of hydrogen-bond donors (Lipinski definition) is 1. The van der Waals surface area contributed by atoms with E-state index in [9.17, 15) is 8.42 Å². The van der Waals surface area contributed by atoms with Gasteiger partial charge in [-0.3, -0.25) is 0 Å². The van der Waals surface area contributed by atoms with Gasteiger partial charge in [0.25, 0.3) is 0 Å². The molecule has 1 atom stereocenters. The molecule has 0 radical (unpaired) electrons. The van der Waals surface area contributed by atoms with E-state index in [1.165, 1.54) is 0 Å². The highest BCUT2D eigenvalue weighted by Gasteiger charge is 2.21. The number of halogens is 1. The fourth-order valence-electron chi connectivity index (χ4n) is 2.58. The van der Waals surface area contributed by atoms with E-state index in [4.69, 9.17) is 16.3 Å². The Balaban J connectivity index is 2.34. The fraction of sp³-hybridized carbons (Fsp3) is 0.294. The lowest BCUT2D eigenvalue weighted by atomic mass is 10.1. The minimum atomic E-state index is -3.66. The van der Waals surface area contributed by atoms with Gasteiger partial charge in [0.2, 0.25) is 10.0 Å². The number of rotatable bonds is 5. The minimum absolute atomic E-state index is 0.215. The lowest BCUT2D eigenvalue weighted by Gasteiger charge is -2.17. The van der Waals surface area contributed by atoms with E-state index in [-0.39, 0.29) is 4.90 Å². The maximum absolute atomic E-state index is 12.6. The monoisotopic (exact) mass is 353 g/mol. The molecule has 0 amide bonds. The van der Waals surface area contributed by atoms with Crippen LogP contribution in [0.25, 0.3) is 0 Å². The molecule has 0 aliphatic rings. The zero-order valence-corrected chi connectivity index (χ0v) is 15.1. The average Bonchev–Trinajstić information content (AvgIpc) is 2.46. The Bertz CT molecular complexity index is 795. The summed E-state index contributed by atoms with van der Waals surface area (Å²) in [4.78, 5) is 0.215. The zero-order valence-electron chi connectivity index (χ0n) is 13.6. The van der Waals surface area contributed by atoms with E-state index in [1.54, 1.807) is 38.3 Å². The highest BCUT2D eigenvalue weighted by molar-refractivity contribution is 7.89. The van der Waals surface area contributed by atoms with E-state index in [0.717, 1.165) is 16.7 Å². The summed E-state index contributed by atoms with van der Waals surface area (Å²) in [6.45, 7) is 5.41. The molecule has 2 aromatic rings. The summed E-state index contributed by atoms with van der Waals surface area (Å²) < 4.78 is 33.2. The van der Waals surface area contributed by atoms with Gasteiger partial charge < -0.3 is 4.74 Å². The van der Waals surface area contributed by atoms with Crippen LogP contribution in [0.2, 0.25) is 5.02 Å². The molecular weight excluding hydrogens is 334 g/mol. The Morgan fingerprint density at radius 3 is 2.22 bits per heavy atom. The molecule has 1 unspecified atom stereocenters. The first-order chi connectivity index (χ1) is 10.8. The lowest BCUT2D eigenvalue weighted by molar-refractivity contribution is 0.408. The van der Waals surface area contributed by atoms with E-state index in [0.29, 0.717) is 10.8 Å². The number of sulfonamides is 1. The van der Waals surface area contributed by atoms with Crippen molar-refractivity contribution in [2.45, 2.75) is 31.7 Å². The van der Waals surface area contributed by atoms with Crippen LogP contribution in [0.5, 0.6) is 5.75 Å². The largest absolute Gasteiger partial charge is 0.496 e. The Morgan fingerprint density at radius 2 is 1.70 bits per heavy atom. The minimum Gasteiger partial charge on any atom is -0.496 e. The van der Waals surface area contributed by atoms with Crippen LogP contribution in [0.15, 0.2) is 41.3 Å². The predicted octanol–water partition coefficient (Wildman–Crippen LogP) is 4.00. The van der Waals surface area contributed by atoms with Gasteiger partial charge in [0.15, 0.2) is 0 Å². The number of hydrogen-bond acceptors (Lipinski definition) is 3. The molecular formula is C17H20ClNO3S. The van der Waals surface area contributed by atoms with Gasteiger partial charge in [0, 0.05) is 11.1 Å². The molecule has 6 heteroatoms. The van der Waals surface area contributed by atoms with Gasteiger partial charge in [-0.25, -0.2) is 13.1 Å². The van der Waals surface area contributed by atoms with E-state index < -0.39 is 16.1 Å². The van der Waals surface area contributed by atoms with Gasteiger partial charge in [-0.2, -0.15) is 0 Å². The fourth-order valence-corrected chi connectivity index (χ4v) is 4.27. The van der Waals surface area contributed by atoms with Gasteiger partial charge in [-0.1, -0.05) is 29.8 Å². The molecule has 2 aromatic carbocycles. The second kappa shape index (κ2) is 6.91. The average molecular weight is 354 g/mol. The SMILES string of the molecule is COc1c(C)cc(S(=O)(=O)NC(C)c2ccccc2Cl)cc1C. The summed E-state index contributed by atoms with van der Waals surface area (Å²) in [5, 5.41) is 0.532. The van der Waals surface area contributed by atoms with Crippen LogP contribution < -0.4 is 9.46 Å². The summed E-state index contributed by atoms with van der Waals surface area (Å²) in [6.07, 6.45) is 0. The molecule has 0 aromatic heterocycles. The Kier molecular flexibility index (Phi) is 5.34. The number of nitrogens with one attached hydrogen (secondary N) is 1. The Labute approximate surface area is 142 Å². The normalized spacial score (nSPS) is 12.9. The van der Waals surface area contributed by atoms with E-state index in [2.05, 4.69) is 4.72 Å². The van der Waals surface area contributed by atoms with Crippen molar-refractivity contribution in [2.24, 2.45) is 0 Å². The summed E-state index contributed by atoms with van der Waals surface area (Å²) in [5.41, 5.74) is 2.29. The molecule has 0 heterocycles. The first-order valence-corrected chi connectivity index (χ1v) is 9.04. The summed E-state index contributed by atoms with van der Waals surface area (Å²) in [7, 11) is -2.09. The first kappa shape index (κ1) is 17.8. The van der Waals surface area contributed by atoms with Gasteiger partial charge in [0.05, 0.1) is 12.0 Å². The number of benzene rings is 2. The van der Waals surface area contributed by atoms with E-state index in [1.807, 2.05) is 26.0 Å². The van der Waals surface area contributed by atoms with Crippen molar-refractivity contribution in [3.63, 3.8) is 0 Å². The summed E-state index contributed by atoms with van der Waals surface area (Å²) in [6, 6.07) is 9.96. The van der Waals surface area contributed by atoms with Crippen molar-refractivity contribution in [1.82, 2.24) is 4.72 Å². The molecule has 0 aliphatic heterocycles. The molecule has 4 nitrogen and oxygen atoms in total. The van der Waals surface area contributed by atoms with Crippen molar-refractivity contribution in [1.29, 1.82) is 0 Å². The van der Waals surface area contributed by atoms with Crippen molar-refractivity contribution >= 4 is 21.6 Å². The number of aryl methyl sites for hydroxylation is 2. The smallest absolute Gasteiger partial charge is 0.241 e. The molecule has 0 saturated heterocycles. The van der Waals surface area contributed by atoms with Crippen LogP contribution in [-0.2, 0) is 10.0 Å². The van der Waals surface area contributed by atoms with Gasteiger partial charge in [-0.05, 0) is 55.7 Å². The van der Waals surface area contributed by atoms with Crippen molar-refractivity contribution in [3.05, 3.63) is 58.1 Å². The van der Waals surface area contributed by atoms with Crippen LogP contribution >= 0.6 is 11.6 Å². The molecule has 0 bridgehead atoms. The second-order valence-electron chi connectivity index (χ2n) is 5.45. The van der Waals surface area contributed by atoms with Crippen LogP contribution in [0.1, 0.15) is 29.7 Å². The topological polar surface area (TPSA) is 55.4 Å². The van der Waals surface area contributed by atoms with Crippen molar-refractivity contribution < 1.29 is 13.2 Å². The lowest BCUT2D eigenvalue weighted by Crippen LogP contribution is -2.27. The molecule has 0 aliphatic carbocycles. The van der Waals surface area contributed by atoms with Crippen LogP contribution in [0.3, 0.4) is 0 Å². The summed E-state index contributed by atoms with van der Waals surface area (Å²) >= 11 is 6.13. The molecule has 124 valence electrons. The number of ether oxygens (including phenoxy) is 1. The highest BCUT2D eigenvalue weighted by Crippen LogP contribution is 2.28. The van der Waals surface area contributed by atoms with E-state index >= 15 is 0 Å². The van der Waals surface area contributed by atoms with Crippen molar-refractivity contribution in [3.8, 4) is 5.75 Å². The maximum Gasteiger partial charge on any atom is 0.241 e. The Hall–Kier alpha value is -1.56. The summed E-state index contributed by atoms with van der Waals surface area (Å²) in [5.74, 6) is 0.697. The highest BCUT2D eigenvalue weighted by atomic mass is 35.5. The van der Waals surface area contributed by atoms with Crippen LogP contribution in [0, 0.1) is 13.8 Å². The standard InChI is InChI=1S/C17H20ClNO3S/c1-11-9-14(10-12(2)17(11)22-4)23(20,21)19-13(3)15-7-5-6-8-16(15)18/h5-10,13,19H,1-4H3. The third kappa shape index (κ3) is 3.86. The van der Waals surface area contributed by atoms with Gasteiger partial charge in [-0.15, -0.1) is 0 Å². The van der Waals surface area contributed by atoms with Gasteiger partial charge >= 0.3 is 0 Å². The third-order valence-electron chi connectivity index (χ3n) is 3.65. The molecule has 0 saturated carbocycles. The maximum atomic E-state index is 12.6. The quantitative estimate of drug-likeness (QED) is 0.883. The van der Waals surface area contributed by atoms with Crippen LogP contribution in [-0.4, -0.2) is 15.5 Å². The molecule has 23 heavy (non-hydrogen) atoms. The van der Waals surface area contributed by atoms with Crippen molar-refractivity contribution in [2.75, 3.05) is 7.11 Å². The van der Waals surface area contributed by atoms with Crippen LogP contribution in [0.4, 0.5) is 0 Å². The molecule has 0 fully saturated rings. The molecule has 0 spiro atoms. The predicted molar refractivity (Wildman–Crippen MR) is 92.7 cm³/mol. The van der Waals surface area contributed by atoms with Gasteiger partial charge in [0.1, 0.15) is 5.75 Å². The third-order valence-corrected chi connectivity index (χ3v) is 5.52. The second-order valence-corrected chi connectivity index (χ2v) is 7.58. The molecule has 1 N–H and O–H groups in total. The Morgan fingerprint density at radius 1 is 1.13 bits per heavy atom.